The smallest absolute Gasteiger partial charge is 0.315 e. The van der Waals surface area contributed by atoms with Crippen molar-refractivity contribution in [2.75, 3.05) is 6.54 Å². The summed E-state index contributed by atoms with van der Waals surface area (Å²) in [7, 11) is 0. The number of carbonyl (C=O) groups excluding carboxylic acids is 1. The molecule has 2 atom stereocenters. The van der Waals surface area contributed by atoms with Crippen LogP contribution in [0.25, 0.3) is 0 Å². The van der Waals surface area contributed by atoms with E-state index in [2.05, 4.69) is 24.5 Å². The average molecular weight is 256 g/mol. The van der Waals surface area contributed by atoms with Crippen LogP contribution in [0.4, 0.5) is 4.79 Å². The van der Waals surface area contributed by atoms with E-state index in [-0.39, 0.29) is 17.5 Å². The largest absolute Gasteiger partial charge is 0.481 e. The molecule has 2 unspecified atom stereocenters. The molecule has 104 valence electrons. The lowest BCUT2D eigenvalue weighted by Gasteiger charge is -2.27. The zero-order valence-electron chi connectivity index (χ0n) is 11.5. The highest BCUT2D eigenvalue weighted by Crippen LogP contribution is 2.36. The number of carboxylic acid groups (broad SMARTS) is 1. The highest BCUT2D eigenvalue weighted by Gasteiger charge is 2.35. The summed E-state index contributed by atoms with van der Waals surface area (Å²) in [6, 6.07) is 0.0296. The average Bonchev–Trinajstić information content (AvgIpc) is 2.58. The predicted octanol–water partition coefficient (Wildman–Crippen LogP) is 1.98. The second-order valence-corrected chi connectivity index (χ2v) is 5.86. The van der Waals surface area contributed by atoms with Gasteiger partial charge in [-0.25, -0.2) is 4.79 Å². The fourth-order valence-electron chi connectivity index (χ4n) is 2.33. The first kappa shape index (κ1) is 14.8. The van der Waals surface area contributed by atoms with Crippen molar-refractivity contribution in [2.45, 2.75) is 52.5 Å². The minimum Gasteiger partial charge on any atom is -0.481 e. The molecule has 0 heterocycles. The fourth-order valence-corrected chi connectivity index (χ4v) is 2.33. The van der Waals surface area contributed by atoms with Crippen LogP contribution >= 0.6 is 0 Å². The summed E-state index contributed by atoms with van der Waals surface area (Å²) in [5, 5.41) is 14.4. The first-order chi connectivity index (χ1) is 8.33. The Labute approximate surface area is 108 Å². The summed E-state index contributed by atoms with van der Waals surface area (Å²) in [6.07, 6.45) is 3.75. The molecule has 3 N–H and O–H groups in total. The maximum absolute atomic E-state index is 11.7. The Morgan fingerprint density at radius 2 is 2.11 bits per heavy atom. The van der Waals surface area contributed by atoms with Crippen LogP contribution in [0.1, 0.15) is 46.5 Å². The number of carboxylic acids is 1. The quantitative estimate of drug-likeness (QED) is 0.703. The summed E-state index contributed by atoms with van der Waals surface area (Å²) in [5.41, 5.74) is 0.158. The van der Waals surface area contributed by atoms with E-state index in [0.29, 0.717) is 13.0 Å². The van der Waals surface area contributed by atoms with Crippen LogP contribution < -0.4 is 10.6 Å². The Bertz CT molecular complexity index is 315. The lowest BCUT2D eigenvalue weighted by Crippen LogP contribution is -2.46. The van der Waals surface area contributed by atoms with E-state index >= 15 is 0 Å². The lowest BCUT2D eigenvalue weighted by molar-refractivity contribution is -0.141. The molecule has 0 aromatic carbocycles. The highest BCUT2D eigenvalue weighted by atomic mass is 16.4. The Hall–Kier alpha value is -1.26. The van der Waals surface area contributed by atoms with E-state index in [9.17, 15) is 9.59 Å². The number of carbonyl (C=O) groups is 2. The van der Waals surface area contributed by atoms with Crippen LogP contribution in [-0.4, -0.2) is 29.7 Å². The van der Waals surface area contributed by atoms with Crippen molar-refractivity contribution in [3.63, 3.8) is 0 Å². The minimum atomic E-state index is -0.825. The molecule has 1 rings (SSSR count). The Balaban J connectivity index is 2.24. The highest BCUT2D eigenvalue weighted by molar-refractivity contribution is 5.74. The lowest BCUT2D eigenvalue weighted by atomic mass is 9.87. The van der Waals surface area contributed by atoms with E-state index < -0.39 is 11.9 Å². The molecule has 0 aliphatic heterocycles. The van der Waals surface area contributed by atoms with Crippen molar-refractivity contribution < 1.29 is 14.7 Å². The van der Waals surface area contributed by atoms with Crippen molar-refractivity contribution in [2.24, 2.45) is 11.3 Å². The van der Waals surface area contributed by atoms with Gasteiger partial charge in [0.2, 0.25) is 0 Å². The number of rotatable bonds is 5. The number of nitrogens with one attached hydrogen (secondary N) is 2. The predicted molar refractivity (Wildman–Crippen MR) is 69.4 cm³/mol. The van der Waals surface area contributed by atoms with Crippen molar-refractivity contribution in [1.82, 2.24) is 10.6 Å². The standard InChI is InChI=1S/C13H24N2O3/c1-9(11(16)17)6-8-14-12(18)15-10-5-4-7-13(10,2)3/h9-10H,4-8H2,1-3H3,(H,16,17)(H2,14,15,18). The molecule has 1 aliphatic carbocycles. The zero-order chi connectivity index (χ0) is 13.8. The van der Waals surface area contributed by atoms with Gasteiger partial charge in [0, 0.05) is 12.6 Å². The molecular formula is C13H24N2O3. The molecule has 0 spiro atoms. The van der Waals surface area contributed by atoms with Crippen molar-refractivity contribution in [3.8, 4) is 0 Å². The van der Waals surface area contributed by atoms with Gasteiger partial charge < -0.3 is 15.7 Å². The molecule has 0 aromatic heterocycles. The molecule has 5 nitrogen and oxygen atoms in total. The maximum Gasteiger partial charge on any atom is 0.315 e. The molecule has 5 heteroatoms. The van der Waals surface area contributed by atoms with E-state index in [0.717, 1.165) is 19.3 Å². The monoisotopic (exact) mass is 256 g/mol. The van der Waals surface area contributed by atoms with Gasteiger partial charge >= 0.3 is 12.0 Å². The maximum atomic E-state index is 11.7. The van der Waals surface area contributed by atoms with Gasteiger partial charge in [-0.15, -0.1) is 0 Å². The van der Waals surface area contributed by atoms with Crippen LogP contribution in [0.3, 0.4) is 0 Å². The van der Waals surface area contributed by atoms with Crippen LogP contribution in [0.5, 0.6) is 0 Å². The number of amides is 2. The van der Waals surface area contributed by atoms with Gasteiger partial charge in [-0.3, -0.25) is 4.79 Å². The third-order valence-corrected chi connectivity index (χ3v) is 3.85. The summed E-state index contributed by atoms with van der Waals surface area (Å²) in [6.45, 7) is 6.36. The fraction of sp³-hybridized carbons (Fsp3) is 0.846. The molecule has 1 fully saturated rings. The molecule has 1 saturated carbocycles. The Morgan fingerprint density at radius 3 is 2.61 bits per heavy atom. The summed E-state index contributed by atoms with van der Waals surface area (Å²) >= 11 is 0. The van der Waals surface area contributed by atoms with Gasteiger partial charge in [-0.2, -0.15) is 0 Å². The van der Waals surface area contributed by atoms with E-state index in [1.165, 1.54) is 0 Å². The van der Waals surface area contributed by atoms with Crippen LogP contribution in [0.15, 0.2) is 0 Å². The Morgan fingerprint density at radius 1 is 1.44 bits per heavy atom. The van der Waals surface area contributed by atoms with Gasteiger partial charge in [-0.05, 0) is 24.7 Å². The second kappa shape index (κ2) is 6.07. The SMILES string of the molecule is CC(CCNC(=O)NC1CCCC1(C)C)C(=O)O. The summed E-state index contributed by atoms with van der Waals surface area (Å²) < 4.78 is 0. The number of hydrogen-bond donors (Lipinski definition) is 3. The van der Waals surface area contributed by atoms with Gasteiger partial charge in [-0.1, -0.05) is 27.2 Å². The normalized spacial score (nSPS) is 23.4. The van der Waals surface area contributed by atoms with Gasteiger partial charge in [0.1, 0.15) is 0 Å². The second-order valence-electron chi connectivity index (χ2n) is 5.86. The summed E-state index contributed by atoms with van der Waals surface area (Å²) in [4.78, 5) is 22.3. The third-order valence-electron chi connectivity index (χ3n) is 3.85. The van der Waals surface area contributed by atoms with E-state index in [1.807, 2.05) is 0 Å². The molecule has 0 bridgehead atoms. The van der Waals surface area contributed by atoms with Crippen LogP contribution in [0.2, 0.25) is 0 Å². The third kappa shape index (κ3) is 4.20. The Kier molecular flexibility index (Phi) is 4.99. The van der Waals surface area contributed by atoms with E-state index in [1.54, 1.807) is 6.92 Å². The number of aliphatic carboxylic acids is 1. The molecule has 0 radical (unpaired) electrons. The van der Waals surface area contributed by atoms with Gasteiger partial charge in [0.05, 0.1) is 5.92 Å². The first-order valence-electron chi connectivity index (χ1n) is 6.60. The van der Waals surface area contributed by atoms with Crippen molar-refractivity contribution in [1.29, 1.82) is 0 Å². The van der Waals surface area contributed by atoms with E-state index in [4.69, 9.17) is 5.11 Å². The molecule has 0 aromatic rings. The molecule has 2 amide bonds. The minimum absolute atomic E-state index is 0.158. The first-order valence-corrected chi connectivity index (χ1v) is 6.60. The zero-order valence-corrected chi connectivity index (χ0v) is 11.5. The van der Waals surface area contributed by atoms with Gasteiger partial charge in [0.25, 0.3) is 0 Å². The topological polar surface area (TPSA) is 78.4 Å². The van der Waals surface area contributed by atoms with Crippen molar-refractivity contribution in [3.05, 3.63) is 0 Å². The number of urea groups is 1. The molecular weight excluding hydrogens is 232 g/mol. The molecule has 0 saturated heterocycles. The molecule has 18 heavy (non-hydrogen) atoms. The van der Waals surface area contributed by atoms with Crippen molar-refractivity contribution >= 4 is 12.0 Å². The molecule has 1 aliphatic rings. The number of hydrogen-bond acceptors (Lipinski definition) is 2. The van der Waals surface area contributed by atoms with Crippen LogP contribution in [0, 0.1) is 11.3 Å². The van der Waals surface area contributed by atoms with Gasteiger partial charge in [0.15, 0.2) is 0 Å². The summed E-state index contributed by atoms with van der Waals surface area (Å²) in [5.74, 6) is -1.25. The van der Waals surface area contributed by atoms with Crippen LogP contribution in [-0.2, 0) is 4.79 Å².